The Labute approximate surface area is 101 Å². The average molecular weight is 236 g/mol. The maximum atomic E-state index is 5.60. The van der Waals surface area contributed by atoms with E-state index < -0.39 is 0 Å². The monoisotopic (exact) mass is 235 g/mol. The summed E-state index contributed by atoms with van der Waals surface area (Å²) in [7, 11) is 0. The highest BCUT2D eigenvalue weighted by Crippen LogP contribution is 2.13. The van der Waals surface area contributed by atoms with E-state index in [9.17, 15) is 0 Å². The van der Waals surface area contributed by atoms with Crippen LogP contribution in [0.25, 0.3) is 0 Å². The van der Waals surface area contributed by atoms with Gasteiger partial charge in [0, 0.05) is 0 Å². The Balaban J connectivity index is 2.83. The molecular weight excluding hydrogens is 222 g/mol. The first-order chi connectivity index (χ1) is 7.61. The fraction of sp³-hybridized carbons (Fsp3) is 0.154. The van der Waals surface area contributed by atoms with Gasteiger partial charge in [0.25, 0.3) is 0 Å². The van der Waals surface area contributed by atoms with Gasteiger partial charge in [0.1, 0.15) is 10.9 Å². The fourth-order valence-corrected chi connectivity index (χ4v) is 1.17. The molecule has 0 aliphatic carbocycles. The lowest BCUT2D eigenvalue weighted by molar-refractivity contribution is 0.555. The smallest absolute Gasteiger partial charge is 0.220 e. The lowest BCUT2D eigenvalue weighted by Crippen LogP contribution is -2.04. The van der Waals surface area contributed by atoms with Gasteiger partial charge in [-0.3, -0.25) is 0 Å². The van der Waals surface area contributed by atoms with Gasteiger partial charge in [0.05, 0.1) is 0 Å². The van der Waals surface area contributed by atoms with Crippen LogP contribution >= 0.6 is 11.6 Å². The molecule has 0 unspecified atom stereocenters. The minimum Gasteiger partial charge on any atom is -0.439 e. The van der Waals surface area contributed by atoms with Crippen LogP contribution in [0.4, 0.5) is 0 Å². The highest BCUT2D eigenvalue weighted by molar-refractivity contribution is 6.29. The first-order valence-corrected chi connectivity index (χ1v) is 5.30. The molecule has 0 bridgehead atoms. The zero-order valence-electron chi connectivity index (χ0n) is 9.40. The number of allylic oxidation sites excluding steroid dienone is 1. The molecule has 0 N–H and O–H groups in total. The number of nitrogens with zero attached hydrogens (tertiary/aromatic N) is 1. The number of aliphatic imine (C=N–C) groups is 1. The molecule has 0 saturated heterocycles. The standard InChI is InChI=1S/C13H14ClNO/c1-4-5-13(15-11(3)14)16-12-8-6-10(2)7-9-12/h4-9H,3H2,1-2H3/b5-4-,15-13+. The summed E-state index contributed by atoms with van der Waals surface area (Å²) >= 11 is 5.60. The van der Waals surface area contributed by atoms with E-state index in [1.54, 1.807) is 6.08 Å². The van der Waals surface area contributed by atoms with E-state index >= 15 is 0 Å². The molecule has 0 aliphatic rings. The predicted octanol–water partition coefficient (Wildman–Crippen LogP) is 4.06. The van der Waals surface area contributed by atoms with Gasteiger partial charge in [-0.2, -0.15) is 0 Å². The highest BCUT2D eigenvalue weighted by atomic mass is 35.5. The largest absolute Gasteiger partial charge is 0.439 e. The van der Waals surface area contributed by atoms with Crippen molar-refractivity contribution in [3.8, 4) is 5.75 Å². The normalized spacial score (nSPS) is 11.8. The molecule has 0 aromatic heterocycles. The minimum absolute atomic E-state index is 0.195. The van der Waals surface area contributed by atoms with E-state index in [1.807, 2.05) is 44.2 Å². The van der Waals surface area contributed by atoms with Crippen LogP contribution < -0.4 is 4.74 Å². The molecule has 2 nitrogen and oxygen atoms in total. The maximum absolute atomic E-state index is 5.60. The Kier molecular flexibility index (Phi) is 4.80. The molecular formula is C13H14ClNO. The SMILES string of the molecule is C=C(Cl)/N=C(\C=C/C)Oc1ccc(C)cc1. The van der Waals surface area contributed by atoms with E-state index in [4.69, 9.17) is 16.3 Å². The molecule has 0 fully saturated rings. The molecule has 1 aromatic rings. The number of hydrogen-bond acceptors (Lipinski definition) is 2. The van der Waals surface area contributed by atoms with E-state index in [0.29, 0.717) is 5.90 Å². The summed E-state index contributed by atoms with van der Waals surface area (Å²) in [4.78, 5) is 3.96. The molecule has 0 spiro atoms. The molecule has 0 amide bonds. The van der Waals surface area contributed by atoms with Crippen LogP contribution in [0, 0.1) is 6.92 Å². The predicted molar refractivity (Wildman–Crippen MR) is 69.0 cm³/mol. The van der Waals surface area contributed by atoms with Crippen LogP contribution in [-0.2, 0) is 0 Å². The van der Waals surface area contributed by atoms with Gasteiger partial charge < -0.3 is 4.74 Å². The number of halogens is 1. The molecule has 84 valence electrons. The Morgan fingerprint density at radius 1 is 1.38 bits per heavy atom. The van der Waals surface area contributed by atoms with E-state index in [-0.39, 0.29) is 5.16 Å². The molecule has 1 aromatic carbocycles. The van der Waals surface area contributed by atoms with Crippen LogP contribution in [-0.4, -0.2) is 5.90 Å². The van der Waals surface area contributed by atoms with Gasteiger partial charge in [-0.1, -0.05) is 42.0 Å². The summed E-state index contributed by atoms with van der Waals surface area (Å²) in [5, 5.41) is 0.195. The van der Waals surface area contributed by atoms with Crippen LogP contribution in [0.1, 0.15) is 12.5 Å². The summed E-state index contributed by atoms with van der Waals surface area (Å²) in [6.07, 6.45) is 3.56. The Morgan fingerprint density at radius 2 is 2.00 bits per heavy atom. The van der Waals surface area contributed by atoms with Gasteiger partial charge in [0.2, 0.25) is 5.90 Å². The molecule has 3 heteroatoms. The molecule has 0 aliphatic heterocycles. The van der Waals surface area contributed by atoms with Gasteiger partial charge in [0.15, 0.2) is 0 Å². The van der Waals surface area contributed by atoms with Gasteiger partial charge in [-0.25, -0.2) is 4.99 Å². The summed E-state index contributed by atoms with van der Waals surface area (Å²) in [6, 6.07) is 7.70. The quantitative estimate of drug-likeness (QED) is 0.440. The third-order valence-corrected chi connectivity index (χ3v) is 1.87. The number of aryl methyl sites for hydroxylation is 1. The van der Waals surface area contributed by atoms with Crippen LogP contribution in [0.5, 0.6) is 5.75 Å². The van der Waals surface area contributed by atoms with Crippen molar-refractivity contribution in [3.63, 3.8) is 0 Å². The fourth-order valence-electron chi connectivity index (χ4n) is 1.08. The van der Waals surface area contributed by atoms with Gasteiger partial charge >= 0.3 is 0 Å². The first-order valence-electron chi connectivity index (χ1n) is 4.92. The van der Waals surface area contributed by atoms with Crippen molar-refractivity contribution in [1.82, 2.24) is 0 Å². The second-order valence-corrected chi connectivity index (χ2v) is 3.68. The van der Waals surface area contributed by atoms with Crippen LogP contribution in [0.3, 0.4) is 0 Å². The van der Waals surface area contributed by atoms with Crippen molar-refractivity contribution in [1.29, 1.82) is 0 Å². The second-order valence-electron chi connectivity index (χ2n) is 3.24. The number of ether oxygens (including phenoxy) is 1. The molecule has 0 atom stereocenters. The van der Waals surface area contributed by atoms with Crippen LogP contribution in [0.2, 0.25) is 0 Å². The lowest BCUT2D eigenvalue weighted by Gasteiger charge is -2.05. The first kappa shape index (κ1) is 12.5. The average Bonchev–Trinajstić information content (AvgIpc) is 2.21. The third-order valence-electron chi connectivity index (χ3n) is 1.78. The Bertz CT molecular complexity index is 418. The molecule has 1 rings (SSSR count). The Hall–Kier alpha value is -1.54. The summed E-state index contributed by atoms with van der Waals surface area (Å²) in [5.74, 6) is 1.15. The van der Waals surface area contributed by atoms with Crippen molar-refractivity contribution in [2.24, 2.45) is 4.99 Å². The topological polar surface area (TPSA) is 21.6 Å². The number of benzene rings is 1. The zero-order chi connectivity index (χ0) is 12.0. The summed E-state index contributed by atoms with van der Waals surface area (Å²) in [6.45, 7) is 7.40. The van der Waals surface area contributed by atoms with E-state index in [1.165, 1.54) is 5.56 Å². The summed E-state index contributed by atoms with van der Waals surface area (Å²) in [5.41, 5.74) is 1.18. The highest BCUT2D eigenvalue weighted by Gasteiger charge is 1.98. The van der Waals surface area contributed by atoms with E-state index in [2.05, 4.69) is 11.6 Å². The molecule has 0 saturated carbocycles. The molecule has 16 heavy (non-hydrogen) atoms. The van der Waals surface area contributed by atoms with Crippen molar-refractivity contribution in [2.45, 2.75) is 13.8 Å². The molecule has 0 heterocycles. The number of rotatable bonds is 3. The van der Waals surface area contributed by atoms with Crippen molar-refractivity contribution in [2.75, 3.05) is 0 Å². The van der Waals surface area contributed by atoms with Gasteiger partial charge in [-0.05, 0) is 32.1 Å². The third kappa shape index (κ3) is 4.32. The van der Waals surface area contributed by atoms with Crippen LogP contribution in [0.15, 0.2) is 53.1 Å². The van der Waals surface area contributed by atoms with Gasteiger partial charge in [-0.15, -0.1) is 0 Å². The van der Waals surface area contributed by atoms with Crippen molar-refractivity contribution in [3.05, 3.63) is 53.7 Å². The zero-order valence-corrected chi connectivity index (χ0v) is 10.2. The lowest BCUT2D eigenvalue weighted by atomic mass is 10.2. The summed E-state index contributed by atoms with van der Waals surface area (Å²) < 4.78 is 5.54. The Morgan fingerprint density at radius 3 is 2.50 bits per heavy atom. The van der Waals surface area contributed by atoms with Crippen molar-refractivity contribution < 1.29 is 4.74 Å². The van der Waals surface area contributed by atoms with Crippen molar-refractivity contribution >= 4 is 17.5 Å². The van der Waals surface area contributed by atoms with E-state index in [0.717, 1.165) is 5.75 Å². The molecule has 0 radical (unpaired) electrons. The maximum Gasteiger partial charge on any atom is 0.220 e. The number of hydrogen-bond donors (Lipinski definition) is 0. The second kappa shape index (κ2) is 6.13. The minimum atomic E-state index is 0.195.